The second kappa shape index (κ2) is 5.78. The fourth-order valence-corrected chi connectivity index (χ4v) is 4.64. The Morgan fingerprint density at radius 3 is 2.64 bits per heavy atom. The van der Waals surface area contributed by atoms with Gasteiger partial charge in [-0.15, -0.1) is 4.72 Å². The zero-order valence-corrected chi connectivity index (χ0v) is 14.4. The van der Waals surface area contributed by atoms with Crippen LogP contribution in [0.5, 0.6) is 0 Å². The Morgan fingerprint density at radius 2 is 2.00 bits per heavy atom. The van der Waals surface area contributed by atoms with Crippen molar-refractivity contribution in [3.05, 3.63) is 35.1 Å². The van der Waals surface area contributed by atoms with Gasteiger partial charge in [0.15, 0.2) is 0 Å². The van der Waals surface area contributed by atoms with E-state index in [4.69, 9.17) is 0 Å². The molecule has 122 valence electrons. The summed E-state index contributed by atoms with van der Waals surface area (Å²) in [5.41, 5.74) is 1.80. The van der Waals surface area contributed by atoms with Gasteiger partial charge < -0.3 is 9.87 Å². The Labute approximate surface area is 135 Å². The van der Waals surface area contributed by atoms with Crippen molar-refractivity contribution in [3.8, 4) is 0 Å². The summed E-state index contributed by atoms with van der Waals surface area (Å²) in [7, 11) is 0. The summed E-state index contributed by atoms with van der Waals surface area (Å²) in [6, 6.07) is 5.16. The molecule has 0 aromatic heterocycles. The molecule has 0 amide bonds. The lowest BCUT2D eigenvalue weighted by molar-refractivity contribution is 0.162. The van der Waals surface area contributed by atoms with Crippen molar-refractivity contribution in [2.45, 2.75) is 50.8 Å². The van der Waals surface area contributed by atoms with Crippen LogP contribution in [0.3, 0.4) is 0 Å². The van der Waals surface area contributed by atoms with E-state index in [9.17, 15) is 8.94 Å². The molecule has 5 heteroatoms. The first kappa shape index (κ1) is 16.2. The Bertz CT molecular complexity index is 552. The lowest BCUT2D eigenvalue weighted by atomic mass is 9.73. The van der Waals surface area contributed by atoms with E-state index in [1.165, 1.54) is 6.07 Å². The van der Waals surface area contributed by atoms with Crippen LogP contribution in [0, 0.1) is 11.2 Å². The minimum absolute atomic E-state index is 0.0172. The van der Waals surface area contributed by atoms with Crippen LogP contribution in [0.1, 0.15) is 50.8 Å². The highest BCUT2D eigenvalue weighted by Crippen LogP contribution is 2.52. The molecule has 1 spiro atoms. The van der Waals surface area contributed by atoms with Crippen molar-refractivity contribution in [2.24, 2.45) is 5.41 Å². The second-order valence-electron chi connectivity index (χ2n) is 7.53. The lowest BCUT2D eigenvalue weighted by Gasteiger charge is -2.40. The van der Waals surface area contributed by atoms with Gasteiger partial charge in [-0.05, 0) is 64.8 Å². The summed E-state index contributed by atoms with van der Waals surface area (Å²) in [5.74, 6) is -0.170. The predicted molar refractivity (Wildman–Crippen MR) is 88.4 cm³/mol. The van der Waals surface area contributed by atoms with Crippen LogP contribution < -0.4 is 10.0 Å². The molecule has 0 radical (unpaired) electrons. The summed E-state index contributed by atoms with van der Waals surface area (Å²) in [6.07, 6.45) is 2.85. The molecule has 2 N–H and O–H groups in total. The molecule has 1 aliphatic heterocycles. The van der Waals surface area contributed by atoms with Gasteiger partial charge >= 0.3 is 0 Å². The van der Waals surface area contributed by atoms with Crippen LogP contribution in [0.25, 0.3) is 0 Å². The molecule has 1 aliphatic carbocycles. The van der Waals surface area contributed by atoms with Crippen molar-refractivity contribution in [1.29, 1.82) is 0 Å². The van der Waals surface area contributed by atoms with Crippen molar-refractivity contribution >= 4 is 11.4 Å². The van der Waals surface area contributed by atoms with Crippen molar-refractivity contribution < 1.29 is 8.94 Å². The number of hydrogen-bond acceptors (Lipinski definition) is 3. The minimum Gasteiger partial charge on any atom is -0.598 e. The molecule has 0 bridgehead atoms. The standard InChI is InChI=1S/C17H25FN2OS/c1-16(2,3)22(21)20-15-14-12(5-4-6-13(14)18)11-17(15)7-9-19-10-8-17/h4-6,15,19-20H,7-11H2,1-3H3. The van der Waals surface area contributed by atoms with Crippen molar-refractivity contribution in [1.82, 2.24) is 10.0 Å². The van der Waals surface area contributed by atoms with E-state index in [-0.39, 0.29) is 22.0 Å². The predicted octanol–water partition coefficient (Wildman–Crippen LogP) is 2.84. The van der Waals surface area contributed by atoms with E-state index in [0.717, 1.165) is 43.5 Å². The van der Waals surface area contributed by atoms with E-state index in [1.54, 1.807) is 6.07 Å². The lowest BCUT2D eigenvalue weighted by Crippen LogP contribution is -2.49. The zero-order chi connectivity index (χ0) is 16.0. The van der Waals surface area contributed by atoms with E-state index in [2.05, 4.69) is 10.0 Å². The average Bonchev–Trinajstić information content (AvgIpc) is 2.73. The van der Waals surface area contributed by atoms with Crippen LogP contribution >= 0.6 is 0 Å². The Hall–Kier alpha value is -0.620. The number of fused-ring (bicyclic) bond motifs is 1. The smallest absolute Gasteiger partial charge is 0.136 e. The first-order valence-corrected chi connectivity index (χ1v) is 9.15. The Morgan fingerprint density at radius 1 is 1.32 bits per heavy atom. The van der Waals surface area contributed by atoms with E-state index in [0.29, 0.717) is 0 Å². The van der Waals surface area contributed by atoms with Gasteiger partial charge in [0.2, 0.25) is 0 Å². The molecular formula is C17H25FN2OS. The molecule has 1 aromatic rings. The van der Waals surface area contributed by atoms with Gasteiger partial charge in [0, 0.05) is 22.3 Å². The molecule has 1 aromatic carbocycles. The number of nitrogens with one attached hydrogen (secondary N) is 2. The van der Waals surface area contributed by atoms with Crippen molar-refractivity contribution in [3.63, 3.8) is 0 Å². The summed E-state index contributed by atoms with van der Waals surface area (Å²) in [4.78, 5) is 0. The van der Waals surface area contributed by atoms with Gasteiger partial charge in [-0.2, -0.15) is 0 Å². The van der Waals surface area contributed by atoms with Crippen LogP contribution in [-0.2, 0) is 17.8 Å². The third-order valence-electron chi connectivity index (χ3n) is 4.97. The highest BCUT2D eigenvalue weighted by atomic mass is 32.2. The van der Waals surface area contributed by atoms with Crippen LogP contribution in [0.15, 0.2) is 18.2 Å². The first-order chi connectivity index (χ1) is 10.3. The molecule has 3 rings (SSSR count). The first-order valence-electron chi connectivity index (χ1n) is 8.00. The van der Waals surface area contributed by atoms with Gasteiger partial charge in [-0.1, -0.05) is 12.1 Å². The molecule has 22 heavy (non-hydrogen) atoms. The topological polar surface area (TPSA) is 47.1 Å². The highest BCUT2D eigenvalue weighted by molar-refractivity contribution is 7.90. The average molecular weight is 324 g/mol. The maximum absolute atomic E-state index is 14.5. The largest absolute Gasteiger partial charge is 0.598 e. The summed E-state index contributed by atoms with van der Waals surface area (Å²) in [5, 5.41) is 3.38. The third kappa shape index (κ3) is 2.80. The van der Waals surface area contributed by atoms with Crippen LogP contribution in [0.2, 0.25) is 0 Å². The maximum atomic E-state index is 14.5. The van der Waals surface area contributed by atoms with Gasteiger partial charge in [0.25, 0.3) is 0 Å². The fraction of sp³-hybridized carbons (Fsp3) is 0.647. The number of hydrogen-bond donors (Lipinski definition) is 2. The quantitative estimate of drug-likeness (QED) is 0.823. The van der Waals surface area contributed by atoms with E-state index < -0.39 is 11.4 Å². The van der Waals surface area contributed by atoms with E-state index >= 15 is 0 Å². The Balaban J connectivity index is 1.98. The second-order valence-corrected chi connectivity index (χ2v) is 9.53. The van der Waals surface area contributed by atoms with Crippen LogP contribution in [-0.4, -0.2) is 22.4 Å². The van der Waals surface area contributed by atoms with Crippen molar-refractivity contribution in [2.75, 3.05) is 13.1 Å². The zero-order valence-electron chi connectivity index (χ0n) is 13.5. The van der Waals surface area contributed by atoms with Gasteiger partial charge in [0.05, 0.1) is 6.04 Å². The SMILES string of the molecule is CC(C)(C)[S+]([O-])NC1c2c(F)cccc2CC12CCNCC2. The minimum atomic E-state index is -1.21. The molecule has 2 unspecified atom stereocenters. The maximum Gasteiger partial charge on any atom is 0.136 e. The third-order valence-corrected chi connectivity index (χ3v) is 6.53. The molecule has 0 saturated carbocycles. The molecular weight excluding hydrogens is 299 g/mol. The summed E-state index contributed by atoms with van der Waals surface area (Å²) < 4.78 is 30.0. The van der Waals surface area contributed by atoms with Gasteiger partial charge in [0.1, 0.15) is 10.6 Å². The molecule has 2 aliphatic rings. The highest BCUT2D eigenvalue weighted by Gasteiger charge is 2.50. The molecule has 2 atom stereocenters. The molecule has 1 saturated heterocycles. The molecule has 1 heterocycles. The monoisotopic (exact) mass is 324 g/mol. The summed E-state index contributed by atoms with van der Waals surface area (Å²) in [6.45, 7) is 7.72. The number of rotatable bonds is 2. The van der Waals surface area contributed by atoms with E-state index in [1.807, 2.05) is 26.8 Å². The summed E-state index contributed by atoms with van der Waals surface area (Å²) >= 11 is -1.21. The number of halogens is 1. The number of benzene rings is 1. The van der Waals surface area contributed by atoms with Gasteiger partial charge in [-0.3, -0.25) is 0 Å². The molecule has 1 fully saturated rings. The number of piperidine rings is 1. The normalized spacial score (nSPS) is 25.2. The van der Waals surface area contributed by atoms with Crippen LogP contribution in [0.4, 0.5) is 4.39 Å². The fourth-order valence-electron chi connectivity index (χ4n) is 3.70. The van der Waals surface area contributed by atoms with Gasteiger partial charge in [-0.25, -0.2) is 4.39 Å². The Kier molecular flexibility index (Phi) is 4.27. The molecule has 3 nitrogen and oxygen atoms in total.